The van der Waals surface area contributed by atoms with Gasteiger partial charge in [0.1, 0.15) is 5.82 Å². The monoisotopic (exact) mass is 382 g/mol. The zero-order valence-electron chi connectivity index (χ0n) is 16.8. The molecule has 150 valence electrons. The first-order chi connectivity index (χ1) is 13.7. The number of aromatic nitrogens is 1. The highest BCUT2D eigenvalue weighted by molar-refractivity contribution is 6.05. The predicted octanol–water partition coefficient (Wildman–Crippen LogP) is 3.20. The van der Waals surface area contributed by atoms with Crippen molar-refractivity contribution in [1.29, 1.82) is 0 Å². The van der Waals surface area contributed by atoms with E-state index in [0.29, 0.717) is 5.56 Å². The smallest absolute Gasteiger partial charge is 0.255 e. The fraction of sp³-hybridized carbons (Fsp3) is 0.455. The predicted molar refractivity (Wildman–Crippen MR) is 113 cm³/mol. The van der Waals surface area contributed by atoms with Gasteiger partial charge in [-0.2, -0.15) is 0 Å². The standard InChI is InChI=1S/C22H30N4O2/c1-3-17-6-5-7-18(4-2)21(17)25-22(27)19-8-9-23-20(16-19)24-10-11-26-12-14-28-15-13-26/h5-9,16H,3-4,10-15H2,1-2H3,(H,23,24)(H,25,27). The number of carbonyl (C=O) groups is 1. The maximum atomic E-state index is 12.8. The van der Waals surface area contributed by atoms with Crippen molar-refractivity contribution in [3.8, 4) is 0 Å². The summed E-state index contributed by atoms with van der Waals surface area (Å²) in [6, 6.07) is 9.76. The zero-order chi connectivity index (χ0) is 19.8. The van der Waals surface area contributed by atoms with Crippen LogP contribution in [0.3, 0.4) is 0 Å². The van der Waals surface area contributed by atoms with Gasteiger partial charge in [0.25, 0.3) is 5.91 Å². The van der Waals surface area contributed by atoms with Crippen molar-refractivity contribution in [2.75, 3.05) is 50.0 Å². The topological polar surface area (TPSA) is 66.5 Å². The van der Waals surface area contributed by atoms with Crippen LogP contribution in [0.5, 0.6) is 0 Å². The molecule has 1 aliphatic rings. The van der Waals surface area contributed by atoms with Crippen LogP contribution in [-0.4, -0.2) is 55.2 Å². The van der Waals surface area contributed by atoms with E-state index < -0.39 is 0 Å². The summed E-state index contributed by atoms with van der Waals surface area (Å²) >= 11 is 0. The number of ether oxygens (including phenoxy) is 1. The Labute approximate surface area is 167 Å². The van der Waals surface area contributed by atoms with Crippen molar-refractivity contribution in [2.45, 2.75) is 26.7 Å². The van der Waals surface area contributed by atoms with Crippen molar-refractivity contribution in [3.63, 3.8) is 0 Å². The number of hydrogen-bond acceptors (Lipinski definition) is 5. The third-order valence-electron chi connectivity index (χ3n) is 5.10. The number of nitrogens with one attached hydrogen (secondary N) is 2. The summed E-state index contributed by atoms with van der Waals surface area (Å²) in [6.45, 7) is 9.46. The van der Waals surface area contributed by atoms with Gasteiger partial charge in [0, 0.05) is 43.6 Å². The second-order valence-corrected chi connectivity index (χ2v) is 6.92. The van der Waals surface area contributed by atoms with Gasteiger partial charge in [-0.15, -0.1) is 0 Å². The van der Waals surface area contributed by atoms with E-state index in [4.69, 9.17) is 4.74 Å². The van der Waals surface area contributed by atoms with Gasteiger partial charge in [-0.1, -0.05) is 32.0 Å². The first-order valence-corrected chi connectivity index (χ1v) is 10.1. The SMILES string of the molecule is CCc1cccc(CC)c1NC(=O)c1ccnc(NCCN2CCOCC2)c1. The van der Waals surface area contributed by atoms with E-state index in [1.807, 2.05) is 6.07 Å². The molecule has 3 rings (SSSR count). The molecule has 1 fully saturated rings. The molecule has 0 saturated carbocycles. The van der Waals surface area contributed by atoms with Crippen LogP contribution in [0.15, 0.2) is 36.5 Å². The number of anilines is 2. The molecule has 2 aromatic rings. The minimum Gasteiger partial charge on any atom is -0.379 e. The molecule has 0 bridgehead atoms. The van der Waals surface area contributed by atoms with Crippen molar-refractivity contribution in [1.82, 2.24) is 9.88 Å². The van der Waals surface area contributed by atoms with E-state index >= 15 is 0 Å². The maximum Gasteiger partial charge on any atom is 0.255 e. The Morgan fingerprint density at radius 3 is 2.54 bits per heavy atom. The molecule has 1 saturated heterocycles. The summed E-state index contributed by atoms with van der Waals surface area (Å²) in [4.78, 5) is 19.5. The van der Waals surface area contributed by atoms with Crippen molar-refractivity contribution >= 4 is 17.4 Å². The number of benzene rings is 1. The molecule has 0 radical (unpaired) electrons. The Morgan fingerprint density at radius 1 is 1.14 bits per heavy atom. The van der Waals surface area contributed by atoms with Crippen molar-refractivity contribution < 1.29 is 9.53 Å². The van der Waals surface area contributed by atoms with Crippen LogP contribution in [-0.2, 0) is 17.6 Å². The average molecular weight is 383 g/mol. The van der Waals surface area contributed by atoms with Crippen LogP contribution in [0.2, 0.25) is 0 Å². The van der Waals surface area contributed by atoms with Gasteiger partial charge in [0.15, 0.2) is 0 Å². The number of hydrogen-bond donors (Lipinski definition) is 2. The minimum absolute atomic E-state index is 0.103. The summed E-state index contributed by atoms with van der Waals surface area (Å²) in [7, 11) is 0. The lowest BCUT2D eigenvalue weighted by Gasteiger charge is -2.26. The molecule has 1 aliphatic heterocycles. The van der Waals surface area contributed by atoms with E-state index in [2.05, 4.69) is 52.6 Å². The molecule has 0 spiro atoms. The molecule has 6 heteroatoms. The molecule has 1 amide bonds. The fourth-order valence-corrected chi connectivity index (χ4v) is 3.42. The number of pyridine rings is 1. The van der Waals surface area contributed by atoms with Gasteiger partial charge < -0.3 is 15.4 Å². The molecule has 0 atom stereocenters. The van der Waals surface area contributed by atoms with Gasteiger partial charge in [0.2, 0.25) is 0 Å². The fourth-order valence-electron chi connectivity index (χ4n) is 3.42. The summed E-state index contributed by atoms with van der Waals surface area (Å²) in [6.07, 6.45) is 3.45. The van der Waals surface area contributed by atoms with Crippen molar-refractivity contribution in [2.24, 2.45) is 0 Å². The quantitative estimate of drug-likeness (QED) is 0.734. The molecular formula is C22H30N4O2. The first-order valence-electron chi connectivity index (χ1n) is 10.1. The summed E-state index contributed by atoms with van der Waals surface area (Å²) in [5, 5.41) is 6.44. The second kappa shape index (κ2) is 10.2. The minimum atomic E-state index is -0.103. The van der Waals surface area contributed by atoms with Gasteiger partial charge >= 0.3 is 0 Å². The molecule has 28 heavy (non-hydrogen) atoms. The van der Waals surface area contributed by atoms with Crippen LogP contribution in [0.25, 0.3) is 0 Å². The van der Waals surface area contributed by atoms with E-state index in [9.17, 15) is 4.79 Å². The number of amides is 1. The van der Waals surface area contributed by atoms with Crippen LogP contribution >= 0.6 is 0 Å². The van der Waals surface area contributed by atoms with Crippen molar-refractivity contribution in [3.05, 3.63) is 53.2 Å². The average Bonchev–Trinajstić information content (AvgIpc) is 2.75. The highest BCUT2D eigenvalue weighted by Gasteiger charge is 2.13. The molecule has 2 N–H and O–H groups in total. The third kappa shape index (κ3) is 5.30. The Kier molecular flexibility index (Phi) is 7.39. The number of rotatable bonds is 8. The lowest BCUT2D eigenvalue weighted by atomic mass is 10.0. The van der Waals surface area contributed by atoms with E-state index in [1.54, 1.807) is 12.3 Å². The van der Waals surface area contributed by atoms with Gasteiger partial charge in [-0.25, -0.2) is 4.98 Å². The maximum absolute atomic E-state index is 12.8. The molecule has 6 nitrogen and oxygen atoms in total. The van der Waals surface area contributed by atoms with Gasteiger partial charge in [-0.3, -0.25) is 9.69 Å². The highest BCUT2D eigenvalue weighted by Crippen LogP contribution is 2.23. The van der Waals surface area contributed by atoms with Crippen LogP contribution < -0.4 is 10.6 Å². The number of carbonyl (C=O) groups excluding carboxylic acids is 1. The number of para-hydroxylation sites is 1. The molecule has 2 heterocycles. The largest absolute Gasteiger partial charge is 0.379 e. The van der Waals surface area contributed by atoms with E-state index in [1.165, 1.54) is 0 Å². The lowest BCUT2D eigenvalue weighted by Crippen LogP contribution is -2.39. The third-order valence-corrected chi connectivity index (χ3v) is 5.10. The summed E-state index contributed by atoms with van der Waals surface area (Å²) in [5.74, 6) is 0.620. The first kappa shape index (κ1) is 20.3. The number of aryl methyl sites for hydroxylation is 2. The molecular weight excluding hydrogens is 352 g/mol. The number of nitrogens with zero attached hydrogens (tertiary/aromatic N) is 2. The Hall–Kier alpha value is -2.44. The van der Waals surface area contributed by atoms with Crippen LogP contribution in [0, 0.1) is 0 Å². The zero-order valence-corrected chi connectivity index (χ0v) is 16.8. The highest BCUT2D eigenvalue weighted by atomic mass is 16.5. The molecule has 0 aliphatic carbocycles. The summed E-state index contributed by atoms with van der Waals surface area (Å²) in [5.41, 5.74) is 3.87. The lowest BCUT2D eigenvalue weighted by molar-refractivity contribution is 0.0398. The molecule has 0 unspecified atom stereocenters. The Balaban J connectivity index is 1.62. The van der Waals surface area contributed by atoms with Crippen LogP contribution in [0.1, 0.15) is 35.3 Å². The number of morpholine rings is 1. The van der Waals surface area contributed by atoms with Crippen LogP contribution in [0.4, 0.5) is 11.5 Å². The van der Waals surface area contributed by atoms with E-state index in [0.717, 1.165) is 74.9 Å². The Morgan fingerprint density at radius 2 is 1.86 bits per heavy atom. The Bertz CT molecular complexity index is 766. The normalized spacial score (nSPS) is 14.6. The van der Waals surface area contributed by atoms with E-state index in [-0.39, 0.29) is 5.91 Å². The van der Waals surface area contributed by atoms with Gasteiger partial charge in [0.05, 0.1) is 13.2 Å². The molecule has 1 aromatic heterocycles. The van der Waals surface area contributed by atoms with Gasteiger partial charge in [-0.05, 0) is 36.1 Å². The second-order valence-electron chi connectivity index (χ2n) is 6.92. The molecule has 1 aromatic carbocycles. The summed E-state index contributed by atoms with van der Waals surface area (Å²) < 4.78 is 5.37.